The number of nitrogens with one attached hydrogen (secondary N) is 1. The van der Waals surface area contributed by atoms with Crippen LogP contribution in [-0.2, 0) is 9.53 Å². The van der Waals surface area contributed by atoms with Crippen molar-refractivity contribution in [2.45, 2.75) is 13.3 Å². The highest BCUT2D eigenvalue weighted by Crippen LogP contribution is 2.12. The Balaban J connectivity index is 2.11. The van der Waals surface area contributed by atoms with Crippen molar-refractivity contribution in [3.8, 4) is 0 Å². The first-order chi connectivity index (χ1) is 7.63. The largest absolute Gasteiger partial charge is 0.463 e. The maximum atomic E-state index is 11.3. The number of hydrogen-bond donors (Lipinski definition) is 1. The van der Waals surface area contributed by atoms with E-state index in [1.54, 1.807) is 6.92 Å². The summed E-state index contributed by atoms with van der Waals surface area (Å²) in [5, 5.41) is 3.26. The number of esters is 1. The predicted octanol–water partition coefficient (Wildman–Crippen LogP) is 0.647. The number of nitrogens with zero attached hydrogens (tertiary/aromatic N) is 1. The monoisotopic (exact) mass is 226 g/mol. The zero-order chi connectivity index (χ0) is 12.0. The summed E-state index contributed by atoms with van der Waals surface area (Å²) in [4.78, 5) is 13.6. The number of carbonyl (C=O) groups is 1. The summed E-state index contributed by atoms with van der Waals surface area (Å²) in [6.45, 7) is 9.70. The van der Waals surface area contributed by atoms with E-state index in [4.69, 9.17) is 4.74 Å². The lowest BCUT2D eigenvalue weighted by molar-refractivity contribution is -0.138. The van der Waals surface area contributed by atoms with E-state index in [2.05, 4.69) is 23.8 Å². The van der Waals surface area contributed by atoms with E-state index >= 15 is 0 Å². The molecular weight excluding hydrogens is 204 g/mol. The zero-order valence-corrected chi connectivity index (χ0v) is 10.3. The molecule has 4 nitrogen and oxygen atoms in total. The van der Waals surface area contributed by atoms with Crippen molar-refractivity contribution in [2.75, 3.05) is 39.8 Å². The molecule has 1 heterocycles. The van der Waals surface area contributed by atoms with Gasteiger partial charge in [0.05, 0.1) is 6.61 Å². The van der Waals surface area contributed by atoms with E-state index in [-0.39, 0.29) is 5.97 Å². The Labute approximate surface area is 97.6 Å². The molecule has 1 saturated heterocycles. The molecule has 1 fully saturated rings. The first-order valence-corrected chi connectivity index (χ1v) is 5.87. The lowest BCUT2D eigenvalue weighted by atomic mass is 10.1. The van der Waals surface area contributed by atoms with E-state index in [1.807, 2.05) is 0 Å². The molecule has 1 unspecified atom stereocenters. The second-order valence-electron chi connectivity index (χ2n) is 4.37. The number of rotatable bonds is 6. The van der Waals surface area contributed by atoms with Crippen molar-refractivity contribution in [2.24, 2.45) is 5.92 Å². The van der Waals surface area contributed by atoms with Crippen LogP contribution in [0.4, 0.5) is 0 Å². The molecule has 0 aromatic rings. The van der Waals surface area contributed by atoms with Crippen LogP contribution in [0.1, 0.15) is 13.3 Å². The molecule has 1 rings (SSSR count). The normalized spacial score (nSPS) is 21.0. The third-order valence-corrected chi connectivity index (χ3v) is 2.82. The Morgan fingerprint density at radius 3 is 2.94 bits per heavy atom. The van der Waals surface area contributed by atoms with Crippen molar-refractivity contribution in [1.82, 2.24) is 10.2 Å². The maximum absolute atomic E-state index is 11.3. The molecule has 0 saturated carbocycles. The summed E-state index contributed by atoms with van der Waals surface area (Å²) in [6.07, 6.45) is 1.23. The molecule has 4 heteroatoms. The van der Waals surface area contributed by atoms with Gasteiger partial charge in [0.2, 0.25) is 0 Å². The molecule has 1 N–H and O–H groups in total. The van der Waals surface area contributed by atoms with Crippen LogP contribution in [0.25, 0.3) is 0 Å². The summed E-state index contributed by atoms with van der Waals surface area (Å²) < 4.78 is 4.86. The van der Waals surface area contributed by atoms with E-state index < -0.39 is 0 Å². The highest BCUT2D eigenvalue weighted by atomic mass is 16.5. The smallest absolute Gasteiger partial charge is 0.334 e. The molecule has 1 atom stereocenters. The molecule has 92 valence electrons. The second kappa shape index (κ2) is 6.66. The van der Waals surface area contributed by atoms with Gasteiger partial charge in [-0.1, -0.05) is 6.58 Å². The van der Waals surface area contributed by atoms with Gasteiger partial charge in [0.25, 0.3) is 0 Å². The second-order valence-corrected chi connectivity index (χ2v) is 4.37. The van der Waals surface area contributed by atoms with Gasteiger partial charge >= 0.3 is 5.97 Å². The third kappa shape index (κ3) is 4.33. The average Bonchev–Trinajstić information content (AvgIpc) is 2.64. The van der Waals surface area contributed by atoms with Gasteiger partial charge in [0, 0.05) is 18.7 Å². The van der Waals surface area contributed by atoms with Crippen LogP contribution in [0.3, 0.4) is 0 Å². The summed E-state index contributed by atoms with van der Waals surface area (Å²) in [5.74, 6) is 0.401. The fraction of sp³-hybridized carbons (Fsp3) is 0.750. The van der Waals surface area contributed by atoms with E-state index in [0.717, 1.165) is 13.1 Å². The minimum atomic E-state index is -0.293. The lowest BCUT2D eigenvalue weighted by Crippen LogP contribution is -2.28. The number of ether oxygens (including phenoxy) is 1. The molecule has 0 aliphatic carbocycles. The number of hydrogen-bond acceptors (Lipinski definition) is 4. The van der Waals surface area contributed by atoms with Crippen LogP contribution in [0.5, 0.6) is 0 Å². The molecular formula is C12H22N2O2. The Morgan fingerprint density at radius 1 is 1.62 bits per heavy atom. The Kier molecular flexibility index (Phi) is 5.49. The van der Waals surface area contributed by atoms with Crippen molar-refractivity contribution in [3.63, 3.8) is 0 Å². The van der Waals surface area contributed by atoms with E-state index in [9.17, 15) is 4.79 Å². The fourth-order valence-corrected chi connectivity index (χ4v) is 1.93. The molecule has 0 amide bonds. The van der Waals surface area contributed by atoms with Gasteiger partial charge in [-0.25, -0.2) is 4.79 Å². The van der Waals surface area contributed by atoms with Gasteiger partial charge < -0.3 is 15.0 Å². The lowest BCUT2D eigenvalue weighted by Gasteiger charge is -2.12. The third-order valence-electron chi connectivity index (χ3n) is 2.82. The summed E-state index contributed by atoms with van der Waals surface area (Å²) >= 11 is 0. The maximum Gasteiger partial charge on any atom is 0.334 e. The Hall–Kier alpha value is -0.870. The number of likely N-dealkylation sites (tertiary alicyclic amines) is 1. The Bertz CT molecular complexity index is 253. The molecule has 0 radical (unpaired) electrons. The van der Waals surface area contributed by atoms with Crippen molar-refractivity contribution in [1.29, 1.82) is 0 Å². The summed E-state index contributed by atoms with van der Waals surface area (Å²) in [7, 11) is 2.14. The molecule has 0 aromatic heterocycles. The van der Waals surface area contributed by atoms with Crippen LogP contribution >= 0.6 is 0 Å². The number of carbonyl (C=O) groups excluding carboxylic acids is 1. The van der Waals surface area contributed by atoms with E-state index in [0.29, 0.717) is 24.6 Å². The van der Waals surface area contributed by atoms with Crippen molar-refractivity contribution in [3.05, 3.63) is 12.2 Å². The molecule has 0 aromatic carbocycles. The zero-order valence-electron chi connectivity index (χ0n) is 10.3. The average molecular weight is 226 g/mol. The van der Waals surface area contributed by atoms with Gasteiger partial charge in [-0.05, 0) is 39.4 Å². The minimum Gasteiger partial charge on any atom is -0.463 e. The van der Waals surface area contributed by atoms with Gasteiger partial charge in [-0.15, -0.1) is 0 Å². The minimum absolute atomic E-state index is 0.293. The first kappa shape index (κ1) is 13.2. The van der Waals surface area contributed by atoms with Crippen LogP contribution < -0.4 is 5.32 Å². The summed E-state index contributed by atoms with van der Waals surface area (Å²) in [6, 6.07) is 0. The van der Waals surface area contributed by atoms with Gasteiger partial charge in [-0.3, -0.25) is 0 Å². The van der Waals surface area contributed by atoms with Crippen molar-refractivity contribution >= 4 is 5.97 Å². The quantitative estimate of drug-likeness (QED) is 0.533. The van der Waals surface area contributed by atoms with E-state index in [1.165, 1.54) is 13.0 Å². The Morgan fingerprint density at radius 2 is 2.38 bits per heavy atom. The molecule has 0 spiro atoms. The topological polar surface area (TPSA) is 41.6 Å². The van der Waals surface area contributed by atoms with Gasteiger partial charge in [0.15, 0.2) is 0 Å². The molecule has 1 aliphatic heterocycles. The fourth-order valence-electron chi connectivity index (χ4n) is 1.93. The van der Waals surface area contributed by atoms with Crippen molar-refractivity contribution < 1.29 is 9.53 Å². The van der Waals surface area contributed by atoms with Crippen LogP contribution in [-0.4, -0.2) is 50.7 Å². The highest BCUT2D eigenvalue weighted by Gasteiger charge is 2.19. The van der Waals surface area contributed by atoms with Crippen LogP contribution in [0.15, 0.2) is 12.2 Å². The first-order valence-electron chi connectivity index (χ1n) is 5.87. The van der Waals surface area contributed by atoms with Crippen LogP contribution in [0, 0.1) is 5.92 Å². The van der Waals surface area contributed by atoms with Crippen LogP contribution in [0.2, 0.25) is 0 Å². The molecule has 0 bridgehead atoms. The molecule has 1 aliphatic rings. The van der Waals surface area contributed by atoms with Gasteiger partial charge in [-0.2, -0.15) is 0 Å². The summed E-state index contributed by atoms with van der Waals surface area (Å²) in [5.41, 5.74) is 0.508. The van der Waals surface area contributed by atoms with Gasteiger partial charge in [0.1, 0.15) is 0 Å². The molecule has 16 heavy (non-hydrogen) atoms. The highest BCUT2D eigenvalue weighted by molar-refractivity contribution is 5.88. The standard InChI is InChI=1S/C12H22N2O2/c1-4-16-12(15)10(2)7-13-8-11-5-6-14(3)9-11/h11,13H,2,4-9H2,1,3H3. The SMILES string of the molecule is C=C(CNCC1CCN(C)C1)C(=O)OCC. The predicted molar refractivity (Wildman–Crippen MR) is 64.2 cm³/mol.